The average molecular weight is 370 g/mol. The maximum absolute atomic E-state index is 12.4. The normalized spacial score (nSPS) is 13.5. The molecule has 1 rings (SSSR count). The van der Waals surface area contributed by atoms with Crippen LogP contribution in [0.4, 0.5) is 0 Å². The van der Waals surface area contributed by atoms with Gasteiger partial charge in [-0.25, -0.2) is 13.1 Å². The lowest BCUT2D eigenvalue weighted by Gasteiger charge is -2.20. The second-order valence-corrected chi connectivity index (χ2v) is 7.33. The van der Waals surface area contributed by atoms with Crippen molar-refractivity contribution in [3.63, 3.8) is 0 Å². The number of nitrogens with two attached hydrogens (primary N) is 1. The molecule has 0 spiro atoms. The standard InChI is InChI=1S/C15H22N4O5S/c1-10(14(21)17-9-13(16)20)18-15(22)12(19-25(2,23)24)8-11-6-4-3-5-7-11/h3-7,10,12,19H,8-9H2,1-2H3,(H2,16,20)(H,17,21)(H,18,22). The van der Waals surface area contributed by atoms with Gasteiger partial charge >= 0.3 is 0 Å². The molecule has 0 saturated carbocycles. The summed E-state index contributed by atoms with van der Waals surface area (Å²) in [5.41, 5.74) is 5.68. The van der Waals surface area contributed by atoms with Gasteiger partial charge in [0.15, 0.2) is 0 Å². The molecule has 0 bridgehead atoms. The van der Waals surface area contributed by atoms with Gasteiger partial charge in [0.2, 0.25) is 27.7 Å². The van der Waals surface area contributed by atoms with E-state index in [4.69, 9.17) is 5.73 Å². The van der Waals surface area contributed by atoms with Gasteiger partial charge in [0.05, 0.1) is 12.8 Å². The molecule has 2 atom stereocenters. The molecule has 0 fully saturated rings. The van der Waals surface area contributed by atoms with Crippen molar-refractivity contribution in [1.82, 2.24) is 15.4 Å². The monoisotopic (exact) mass is 370 g/mol. The third-order valence-corrected chi connectivity index (χ3v) is 3.86. The summed E-state index contributed by atoms with van der Waals surface area (Å²) in [4.78, 5) is 34.8. The number of benzene rings is 1. The quantitative estimate of drug-likeness (QED) is 0.407. The number of hydrogen-bond donors (Lipinski definition) is 4. The molecule has 0 saturated heterocycles. The Hall–Kier alpha value is -2.46. The lowest BCUT2D eigenvalue weighted by molar-refractivity contribution is -0.130. The number of rotatable bonds is 9. The first-order valence-corrected chi connectivity index (χ1v) is 9.35. The zero-order valence-electron chi connectivity index (χ0n) is 14.0. The van der Waals surface area contributed by atoms with Crippen molar-refractivity contribution in [3.8, 4) is 0 Å². The molecular weight excluding hydrogens is 348 g/mol. The lowest BCUT2D eigenvalue weighted by atomic mass is 10.1. The van der Waals surface area contributed by atoms with Crippen LogP contribution in [0.5, 0.6) is 0 Å². The van der Waals surface area contributed by atoms with Gasteiger partial charge < -0.3 is 16.4 Å². The summed E-state index contributed by atoms with van der Waals surface area (Å²) in [7, 11) is -3.64. The minimum Gasteiger partial charge on any atom is -0.368 e. The largest absolute Gasteiger partial charge is 0.368 e. The molecule has 25 heavy (non-hydrogen) atoms. The van der Waals surface area contributed by atoms with E-state index in [1.54, 1.807) is 30.3 Å². The van der Waals surface area contributed by atoms with E-state index in [2.05, 4.69) is 15.4 Å². The molecular formula is C15H22N4O5S. The van der Waals surface area contributed by atoms with E-state index in [0.29, 0.717) is 0 Å². The van der Waals surface area contributed by atoms with Gasteiger partial charge in [-0.05, 0) is 18.9 Å². The molecule has 0 aliphatic rings. The van der Waals surface area contributed by atoms with E-state index in [0.717, 1.165) is 11.8 Å². The van der Waals surface area contributed by atoms with E-state index in [1.165, 1.54) is 6.92 Å². The predicted octanol–water partition coefficient (Wildman–Crippen LogP) is -1.75. The molecule has 0 heterocycles. The summed E-state index contributed by atoms with van der Waals surface area (Å²) < 4.78 is 25.3. The number of carbonyl (C=O) groups excluding carboxylic acids is 3. The van der Waals surface area contributed by atoms with Gasteiger partial charge in [-0.15, -0.1) is 0 Å². The van der Waals surface area contributed by atoms with Gasteiger partial charge in [0.25, 0.3) is 0 Å². The van der Waals surface area contributed by atoms with E-state index in [9.17, 15) is 22.8 Å². The second-order valence-electron chi connectivity index (χ2n) is 5.55. The molecule has 10 heteroatoms. The molecule has 0 aromatic heterocycles. The molecule has 2 unspecified atom stereocenters. The topological polar surface area (TPSA) is 147 Å². The highest BCUT2D eigenvalue weighted by Gasteiger charge is 2.25. The molecule has 0 aliphatic heterocycles. The van der Waals surface area contributed by atoms with Crippen LogP contribution in [0.2, 0.25) is 0 Å². The van der Waals surface area contributed by atoms with Gasteiger partial charge in [0, 0.05) is 0 Å². The highest BCUT2D eigenvalue weighted by atomic mass is 32.2. The minimum atomic E-state index is -3.64. The van der Waals surface area contributed by atoms with E-state index >= 15 is 0 Å². The predicted molar refractivity (Wildman–Crippen MR) is 91.7 cm³/mol. The first-order chi connectivity index (χ1) is 11.6. The van der Waals surface area contributed by atoms with Crippen molar-refractivity contribution in [2.24, 2.45) is 5.73 Å². The maximum Gasteiger partial charge on any atom is 0.242 e. The minimum absolute atomic E-state index is 0.120. The lowest BCUT2D eigenvalue weighted by Crippen LogP contribution is -2.53. The van der Waals surface area contributed by atoms with E-state index in [-0.39, 0.29) is 13.0 Å². The summed E-state index contributed by atoms with van der Waals surface area (Å²) in [5.74, 6) is -1.98. The summed E-state index contributed by atoms with van der Waals surface area (Å²) in [5, 5.41) is 4.67. The third-order valence-electron chi connectivity index (χ3n) is 3.14. The number of carbonyl (C=O) groups is 3. The first kappa shape index (κ1) is 20.6. The van der Waals surface area contributed by atoms with Crippen LogP contribution in [0.3, 0.4) is 0 Å². The molecule has 9 nitrogen and oxygen atoms in total. The smallest absolute Gasteiger partial charge is 0.242 e. The Kier molecular flexibility index (Phi) is 7.52. The van der Waals surface area contributed by atoms with Crippen LogP contribution in [0.25, 0.3) is 0 Å². The Morgan fingerprint density at radius 3 is 2.24 bits per heavy atom. The van der Waals surface area contributed by atoms with Crippen molar-refractivity contribution in [2.75, 3.05) is 12.8 Å². The number of primary amides is 1. The van der Waals surface area contributed by atoms with Crippen LogP contribution >= 0.6 is 0 Å². The summed E-state index contributed by atoms with van der Waals surface area (Å²) in [6.45, 7) is 1.06. The fourth-order valence-electron chi connectivity index (χ4n) is 2.00. The van der Waals surface area contributed by atoms with Crippen molar-refractivity contribution < 1.29 is 22.8 Å². The zero-order valence-corrected chi connectivity index (χ0v) is 14.8. The van der Waals surface area contributed by atoms with E-state index in [1.807, 2.05) is 0 Å². The van der Waals surface area contributed by atoms with Crippen molar-refractivity contribution >= 4 is 27.7 Å². The highest BCUT2D eigenvalue weighted by Crippen LogP contribution is 2.05. The molecule has 138 valence electrons. The highest BCUT2D eigenvalue weighted by molar-refractivity contribution is 7.88. The van der Waals surface area contributed by atoms with Crippen molar-refractivity contribution in [3.05, 3.63) is 35.9 Å². The number of amides is 3. The molecule has 0 radical (unpaired) electrons. The van der Waals surface area contributed by atoms with Gasteiger partial charge in [-0.1, -0.05) is 30.3 Å². The third kappa shape index (κ3) is 8.27. The Morgan fingerprint density at radius 2 is 1.72 bits per heavy atom. The Morgan fingerprint density at radius 1 is 1.12 bits per heavy atom. The summed E-state index contributed by atoms with van der Waals surface area (Å²) in [6, 6.07) is 6.80. The van der Waals surface area contributed by atoms with Crippen LogP contribution in [-0.4, -0.2) is 51.0 Å². The van der Waals surface area contributed by atoms with Crippen LogP contribution in [0.1, 0.15) is 12.5 Å². The van der Waals surface area contributed by atoms with Crippen molar-refractivity contribution in [2.45, 2.75) is 25.4 Å². The maximum atomic E-state index is 12.4. The molecule has 0 aliphatic carbocycles. The van der Waals surface area contributed by atoms with Crippen LogP contribution in [0.15, 0.2) is 30.3 Å². The SMILES string of the molecule is CC(NC(=O)C(Cc1ccccc1)NS(C)(=O)=O)C(=O)NCC(N)=O. The van der Waals surface area contributed by atoms with Crippen LogP contribution in [0, 0.1) is 0 Å². The zero-order chi connectivity index (χ0) is 19.0. The van der Waals surface area contributed by atoms with Gasteiger partial charge in [0.1, 0.15) is 12.1 Å². The molecule has 1 aromatic carbocycles. The Labute approximate surface area is 146 Å². The number of nitrogens with one attached hydrogen (secondary N) is 3. The van der Waals surface area contributed by atoms with Crippen LogP contribution in [-0.2, 0) is 30.8 Å². The average Bonchev–Trinajstić information content (AvgIpc) is 2.51. The molecule has 3 amide bonds. The summed E-state index contributed by atoms with van der Waals surface area (Å²) in [6.07, 6.45) is 1.07. The molecule has 5 N–H and O–H groups in total. The Bertz CT molecular complexity index is 721. The van der Waals surface area contributed by atoms with Crippen molar-refractivity contribution in [1.29, 1.82) is 0 Å². The second kappa shape index (κ2) is 9.14. The van der Waals surface area contributed by atoms with E-state index < -0.39 is 39.8 Å². The fourth-order valence-corrected chi connectivity index (χ4v) is 2.71. The first-order valence-electron chi connectivity index (χ1n) is 7.46. The Balaban J connectivity index is 2.78. The fraction of sp³-hybridized carbons (Fsp3) is 0.400. The number of sulfonamides is 1. The van der Waals surface area contributed by atoms with Gasteiger partial charge in [-0.3, -0.25) is 14.4 Å². The summed E-state index contributed by atoms with van der Waals surface area (Å²) >= 11 is 0. The van der Waals surface area contributed by atoms with Gasteiger partial charge in [-0.2, -0.15) is 0 Å². The van der Waals surface area contributed by atoms with Crippen LogP contribution < -0.4 is 21.1 Å². The number of hydrogen-bond acceptors (Lipinski definition) is 5. The molecule has 1 aromatic rings.